The minimum Gasteiger partial charge on any atom is -0.307 e. The predicted molar refractivity (Wildman–Crippen MR) is 109 cm³/mol. The Morgan fingerprint density at radius 1 is 0.654 bits per heavy atom. The first-order valence-corrected chi connectivity index (χ1v) is 9.77. The van der Waals surface area contributed by atoms with Gasteiger partial charge in [0.15, 0.2) is 0 Å². The second kappa shape index (κ2) is 7.88. The second-order valence-corrected chi connectivity index (χ2v) is 7.39. The number of hydrogen-bond donors (Lipinski definition) is 1. The van der Waals surface area contributed by atoms with Gasteiger partial charge in [-0.15, -0.1) is 0 Å². The fourth-order valence-electron chi connectivity index (χ4n) is 4.31. The first-order valence-electron chi connectivity index (χ1n) is 9.77. The van der Waals surface area contributed by atoms with Gasteiger partial charge in [-0.2, -0.15) is 0 Å². The molecule has 0 saturated carbocycles. The number of fused-ring (bicyclic) bond motifs is 1. The van der Waals surface area contributed by atoms with E-state index in [9.17, 15) is 0 Å². The summed E-state index contributed by atoms with van der Waals surface area (Å²) in [4.78, 5) is 0. The summed E-state index contributed by atoms with van der Waals surface area (Å²) in [6, 6.07) is 30.8. The summed E-state index contributed by atoms with van der Waals surface area (Å²) < 4.78 is 0. The van der Waals surface area contributed by atoms with Crippen LogP contribution in [0.5, 0.6) is 0 Å². The summed E-state index contributed by atoms with van der Waals surface area (Å²) in [5.74, 6) is 0. The highest BCUT2D eigenvalue weighted by molar-refractivity contribution is 5.37. The molecular formula is C25H27N. The van der Waals surface area contributed by atoms with Crippen molar-refractivity contribution in [1.82, 2.24) is 5.32 Å². The Labute approximate surface area is 157 Å². The summed E-state index contributed by atoms with van der Waals surface area (Å²) >= 11 is 0. The van der Waals surface area contributed by atoms with Gasteiger partial charge in [0.05, 0.1) is 0 Å². The number of aryl methyl sites for hydroxylation is 2. The van der Waals surface area contributed by atoms with Gasteiger partial charge in [-0.1, -0.05) is 84.9 Å². The molecule has 3 aromatic carbocycles. The highest BCUT2D eigenvalue weighted by atomic mass is 15.0. The molecule has 1 aliphatic heterocycles. The Kier molecular flexibility index (Phi) is 5.17. The highest BCUT2D eigenvalue weighted by Crippen LogP contribution is 2.36. The molecule has 0 saturated heterocycles. The number of benzene rings is 3. The third-order valence-electron chi connectivity index (χ3n) is 5.76. The lowest BCUT2D eigenvalue weighted by Crippen LogP contribution is -2.48. The van der Waals surface area contributed by atoms with Gasteiger partial charge >= 0.3 is 0 Å². The van der Waals surface area contributed by atoms with Gasteiger partial charge in [0.25, 0.3) is 0 Å². The number of nitrogens with one attached hydrogen (secondary N) is 1. The van der Waals surface area contributed by atoms with Crippen molar-refractivity contribution in [1.29, 1.82) is 0 Å². The van der Waals surface area contributed by atoms with Gasteiger partial charge in [-0.25, -0.2) is 0 Å². The molecule has 132 valence electrons. The lowest BCUT2D eigenvalue weighted by Gasteiger charge is -2.41. The van der Waals surface area contributed by atoms with Crippen molar-refractivity contribution in [2.24, 2.45) is 0 Å². The van der Waals surface area contributed by atoms with Crippen molar-refractivity contribution in [2.75, 3.05) is 6.54 Å². The highest BCUT2D eigenvalue weighted by Gasteiger charge is 2.35. The average Bonchev–Trinajstić information content (AvgIpc) is 2.73. The molecule has 3 aromatic rings. The standard InChI is InChI=1S/C25H27N/c1-3-9-21(10-4-1)15-18-25(19-16-22-11-5-2-6-12-22)24-14-8-7-13-23(24)17-20-26-25/h1-14,26H,15-20H2. The topological polar surface area (TPSA) is 12.0 Å². The van der Waals surface area contributed by atoms with Gasteiger partial charge in [0.1, 0.15) is 0 Å². The summed E-state index contributed by atoms with van der Waals surface area (Å²) in [5, 5.41) is 3.93. The van der Waals surface area contributed by atoms with E-state index in [0.717, 1.165) is 38.6 Å². The monoisotopic (exact) mass is 341 g/mol. The van der Waals surface area contributed by atoms with Gasteiger partial charge in [-0.3, -0.25) is 0 Å². The lowest BCUT2D eigenvalue weighted by atomic mass is 9.75. The molecule has 0 amide bonds. The van der Waals surface area contributed by atoms with E-state index in [0.29, 0.717) is 0 Å². The Hall–Kier alpha value is -2.38. The molecule has 0 spiro atoms. The predicted octanol–water partition coefficient (Wildman–Crippen LogP) is 5.29. The van der Waals surface area contributed by atoms with Crippen LogP contribution in [0.3, 0.4) is 0 Å². The third-order valence-corrected chi connectivity index (χ3v) is 5.76. The summed E-state index contributed by atoms with van der Waals surface area (Å²) in [6.07, 6.45) is 5.63. The molecule has 1 N–H and O–H groups in total. The second-order valence-electron chi connectivity index (χ2n) is 7.39. The largest absolute Gasteiger partial charge is 0.307 e. The Bertz CT molecular complexity index is 780. The smallest absolute Gasteiger partial charge is 0.0443 e. The molecule has 0 radical (unpaired) electrons. The zero-order valence-corrected chi connectivity index (χ0v) is 15.3. The summed E-state index contributed by atoms with van der Waals surface area (Å²) in [6.45, 7) is 1.07. The number of hydrogen-bond acceptors (Lipinski definition) is 1. The third kappa shape index (κ3) is 3.73. The van der Waals surface area contributed by atoms with Crippen molar-refractivity contribution in [3.05, 3.63) is 107 Å². The minimum atomic E-state index is 0.0700. The van der Waals surface area contributed by atoms with Crippen LogP contribution in [0.15, 0.2) is 84.9 Å². The molecule has 0 atom stereocenters. The van der Waals surface area contributed by atoms with Crippen LogP contribution < -0.4 is 5.32 Å². The van der Waals surface area contributed by atoms with Crippen LogP contribution in [-0.4, -0.2) is 6.54 Å². The molecule has 0 bridgehead atoms. The zero-order valence-electron chi connectivity index (χ0n) is 15.3. The zero-order chi connectivity index (χ0) is 17.7. The van der Waals surface area contributed by atoms with Crippen LogP contribution in [0.2, 0.25) is 0 Å². The Balaban J connectivity index is 1.61. The summed E-state index contributed by atoms with van der Waals surface area (Å²) in [5.41, 5.74) is 5.96. The van der Waals surface area contributed by atoms with Crippen LogP contribution >= 0.6 is 0 Å². The van der Waals surface area contributed by atoms with Crippen LogP contribution in [0.1, 0.15) is 35.1 Å². The Morgan fingerprint density at radius 2 is 1.19 bits per heavy atom. The van der Waals surface area contributed by atoms with E-state index >= 15 is 0 Å². The quantitative estimate of drug-likeness (QED) is 0.642. The van der Waals surface area contributed by atoms with Crippen molar-refractivity contribution in [3.63, 3.8) is 0 Å². The molecule has 1 nitrogen and oxygen atoms in total. The number of rotatable bonds is 6. The first kappa shape index (κ1) is 17.1. The van der Waals surface area contributed by atoms with Gasteiger partial charge in [-0.05, 0) is 54.4 Å². The van der Waals surface area contributed by atoms with Crippen LogP contribution in [-0.2, 0) is 24.8 Å². The molecular weight excluding hydrogens is 314 g/mol. The molecule has 0 aliphatic carbocycles. The van der Waals surface area contributed by atoms with Crippen LogP contribution in [0, 0.1) is 0 Å². The fourth-order valence-corrected chi connectivity index (χ4v) is 4.31. The Morgan fingerprint density at radius 3 is 1.81 bits per heavy atom. The van der Waals surface area contributed by atoms with Crippen molar-refractivity contribution in [3.8, 4) is 0 Å². The lowest BCUT2D eigenvalue weighted by molar-refractivity contribution is 0.271. The van der Waals surface area contributed by atoms with Gasteiger partial charge in [0, 0.05) is 12.1 Å². The van der Waals surface area contributed by atoms with Gasteiger partial charge in [0.2, 0.25) is 0 Å². The molecule has 0 aromatic heterocycles. The SMILES string of the molecule is c1ccc(CCC2(CCc3ccccc3)NCCc3ccccc32)cc1. The molecule has 26 heavy (non-hydrogen) atoms. The maximum absolute atomic E-state index is 3.93. The van der Waals surface area contributed by atoms with E-state index in [4.69, 9.17) is 0 Å². The van der Waals surface area contributed by atoms with Crippen molar-refractivity contribution < 1.29 is 0 Å². The maximum Gasteiger partial charge on any atom is 0.0443 e. The fraction of sp³-hybridized carbons (Fsp3) is 0.280. The molecule has 1 aliphatic rings. The minimum absolute atomic E-state index is 0.0700. The van der Waals surface area contributed by atoms with E-state index < -0.39 is 0 Å². The van der Waals surface area contributed by atoms with Crippen LogP contribution in [0.4, 0.5) is 0 Å². The molecule has 0 unspecified atom stereocenters. The maximum atomic E-state index is 3.93. The normalized spacial score (nSPS) is 15.4. The van der Waals surface area contributed by atoms with E-state index in [1.165, 1.54) is 22.3 Å². The van der Waals surface area contributed by atoms with Crippen molar-refractivity contribution in [2.45, 2.75) is 37.6 Å². The van der Waals surface area contributed by atoms with E-state index in [-0.39, 0.29) is 5.54 Å². The van der Waals surface area contributed by atoms with Gasteiger partial charge < -0.3 is 5.32 Å². The summed E-state index contributed by atoms with van der Waals surface area (Å²) in [7, 11) is 0. The van der Waals surface area contributed by atoms with E-state index in [2.05, 4.69) is 90.2 Å². The molecule has 1 heteroatoms. The first-order chi connectivity index (χ1) is 12.9. The van der Waals surface area contributed by atoms with E-state index in [1.807, 2.05) is 0 Å². The average molecular weight is 341 g/mol. The van der Waals surface area contributed by atoms with Crippen LogP contribution in [0.25, 0.3) is 0 Å². The molecule has 0 fully saturated rings. The molecule has 4 rings (SSSR count). The molecule has 1 heterocycles. The van der Waals surface area contributed by atoms with E-state index in [1.54, 1.807) is 0 Å². The van der Waals surface area contributed by atoms with Crippen molar-refractivity contribution >= 4 is 0 Å².